The van der Waals surface area contributed by atoms with E-state index in [2.05, 4.69) is 71.5 Å². The molecule has 19 heavy (non-hydrogen) atoms. The smallest absolute Gasteiger partial charge is 0.0345 e. The van der Waals surface area contributed by atoms with E-state index in [0.717, 1.165) is 6.54 Å². The highest BCUT2D eigenvalue weighted by Gasteiger charge is 1.95. The molecule has 0 spiro atoms. The van der Waals surface area contributed by atoms with Crippen LogP contribution >= 0.6 is 0 Å². The Morgan fingerprint density at radius 3 is 1.42 bits per heavy atom. The minimum Gasteiger partial charge on any atom is -0.329 e. The number of hydrogen-bond acceptors (Lipinski definition) is 2. The summed E-state index contributed by atoms with van der Waals surface area (Å²) in [7, 11) is 0. The molecular formula is C17H16N2. The molecule has 1 aliphatic rings. The van der Waals surface area contributed by atoms with E-state index in [1.807, 2.05) is 12.3 Å². The van der Waals surface area contributed by atoms with Gasteiger partial charge in [-0.2, -0.15) is 0 Å². The Morgan fingerprint density at radius 1 is 0.684 bits per heavy atom. The topological polar surface area (TPSA) is 24.1 Å². The van der Waals surface area contributed by atoms with Crippen LogP contribution in [0.15, 0.2) is 72.9 Å². The molecule has 94 valence electrons. The predicted molar refractivity (Wildman–Crippen MR) is 81.7 cm³/mol. The number of fused-ring (bicyclic) bond motifs is 2. The van der Waals surface area contributed by atoms with Crippen LogP contribution in [-0.2, 0) is 0 Å². The third-order valence-corrected chi connectivity index (χ3v) is 3.14. The average Bonchev–Trinajstić information content (AvgIpc) is 3.04. The molecule has 2 N–H and O–H groups in total. The summed E-state index contributed by atoms with van der Waals surface area (Å²) in [6, 6.07) is 21.4. The SMILES string of the molecule is C1=CNNC1.c1ccc2cc3ccccc3cc2c1. The molecule has 0 saturated carbocycles. The van der Waals surface area contributed by atoms with Gasteiger partial charge in [0.1, 0.15) is 0 Å². The standard InChI is InChI=1S/C14H10.C3H6N2/c1-2-6-12-10-14-8-4-3-7-13(14)9-11(12)5-1;1-2-4-5-3-1/h1-10H;1-2,4-5H,3H2. The number of benzene rings is 3. The molecule has 0 amide bonds. The fourth-order valence-electron chi connectivity index (χ4n) is 2.18. The van der Waals surface area contributed by atoms with Crippen molar-refractivity contribution in [2.24, 2.45) is 0 Å². The Bertz CT molecular complexity index is 605. The van der Waals surface area contributed by atoms with Crippen molar-refractivity contribution in [3.8, 4) is 0 Å². The van der Waals surface area contributed by atoms with Crippen LogP contribution in [0.5, 0.6) is 0 Å². The Balaban J connectivity index is 0.000000187. The predicted octanol–water partition coefficient (Wildman–Crippen LogP) is 3.60. The van der Waals surface area contributed by atoms with Crippen molar-refractivity contribution in [3.05, 3.63) is 72.9 Å². The van der Waals surface area contributed by atoms with Crippen molar-refractivity contribution in [2.45, 2.75) is 0 Å². The molecule has 1 aliphatic heterocycles. The van der Waals surface area contributed by atoms with E-state index in [1.165, 1.54) is 21.5 Å². The van der Waals surface area contributed by atoms with Gasteiger partial charge in [-0.25, -0.2) is 5.43 Å². The zero-order chi connectivity index (χ0) is 12.9. The van der Waals surface area contributed by atoms with Crippen LogP contribution < -0.4 is 10.9 Å². The molecule has 0 aliphatic carbocycles. The van der Waals surface area contributed by atoms with Crippen molar-refractivity contribution in [2.75, 3.05) is 6.54 Å². The van der Waals surface area contributed by atoms with Gasteiger partial charge in [0.25, 0.3) is 0 Å². The lowest BCUT2D eigenvalue weighted by Gasteiger charge is -2.00. The minimum atomic E-state index is 0.958. The zero-order valence-electron chi connectivity index (χ0n) is 10.6. The molecule has 0 radical (unpaired) electrons. The maximum Gasteiger partial charge on any atom is 0.0345 e. The Kier molecular flexibility index (Phi) is 3.43. The van der Waals surface area contributed by atoms with Crippen molar-refractivity contribution in [1.82, 2.24) is 10.9 Å². The van der Waals surface area contributed by atoms with E-state index in [9.17, 15) is 0 Å². The van der Waals surface area contributed by atoms with Crippen LogP contribution in [-0.4, -0.2) is 6.54 Å². The molecule has 3 aromatic carbocycles. The number of hydrazine groups is 1. The summed E-state index contributed by atoms with van der Waals surface area (Å²) in [6.45, 7) is 0.958. The molecule has 0 unspecified atom stereocenters. The molecule has 1 heterocycles. The first-order chi connectivity index (χ1) is 9.43. The highest BCUT2D eigenvalue weighted by atomic mass is 15.4. The third-order valence-electron chi connectivity index (χ3n) is 3.14. The van der Waals surface area contributed by atoms with Gasteiger partial charge in [-0.3, -0.25) is 0 Å². The number of rotatable bonds is 0. The first-order valence-electron chi connectivity index (χ1n) is 6.44. The fourth-order valence-corrected chi connectivity index (χ4v) is 2.18. The molecule has 0 atom stereocenters. The number of nitrogens with one attached hydrogen (secondary N) is 2. The molecule has 0 bridgehead atoms. The summed E-state index contributed by atoms with van der Waals surface area (Å²) in [5.41, 5.74) is 5.65. The summed E-state index contributed by atoms with van der Waals surface area (Å²) in [4.78, 5) is 0. The minimum absolute atomic E-state index is 0.958. The highest BCUT2D eigenvalue weighted by molar-refractivity contribution is 5.98. The largest absolute Gasteiger partial charge is 0.329 e. The van der Waals surface area contributed by atoms with Crippen LogP contribution in [0.3, 0.4) is 0 Å². The van der Waals surface area contributed by atoms with E-state index in [-0.39, 0.29) is 0 Å². The summed E-state index contributed by atoms with van der Waals surface area (Å²) in [6.07, 6.45) is 3.89. The first-order valence-corrected chi connectivity index (χ1v) is 6.44. The van der Waals surface area contributed by atoms with E-state index in [0.29, 0.717) is 0 Å². The lowest BCUT2D eigenvalue weighted by Crippen LogP contribution is -2.19. The van der Waals surface area contributed by atoms with Gasteiger partial charge in [-0.05, 0) is 33.7 Å². The molecular weight excluding hydrogens is 232 g/mol. The molecule has 2 heteroatoms. The summed E-state index contributed by atoms with van der Waals surface area (Å²) in [5, 5.41) is 5.25. The summed E-state index contributed by atoms with van der Waals surface area (Å²) < 4.78 is 0. The van der Waals surface area contributed by atoms with Gasteiger partial charge in [0.05, 0.1) is 0 Å². The maximum absolute atomic E-state index is 2.86. The van der Waals surface area contributed by atoms with E-state index in [4.69, 9.17) is 0 Å². The van der Waals surface area contributed by atoms with Gasteiger partial charge in [0.15, 0.2) is 0 Å². The van der Waals surface area contributed by atoms with Gasteiger partial charge in [0.2, 0.25) is 0 Å². The van der Waals surface area contributed by atoms with E-state index < -0.39 is 0 Å². The lowest BCUT2D eigenvalue weighted by atomic mass is 10.0. The van der Waals surface area contributed by atoms with Crippen molar-refractivity contribution in [1.29, 1.82) is 0 Å². The lowest BCUT2D eigenvalue weighted by molar-refractivity contribution is 0.727. The van der Waals surface area contributed by atoms with Crippen LogP contribution in [0.1, 0.15) is 0 Å². The molecule has 2 nitrogen and oxygen atoms in total. The third kappa shape index (κ3) is 2.75. The van der Waals surface area contributed by atoms with Gasteiger partial charge >= 0.3 is 0 Å². The summed E-state index contributed by atoms with van der Waals surface area (Å²) >= 11 is 0. The van der Waals surface area contributed by atoms with Crippen LogP contribution in [0.4, 0.5) is 0 Å². The second kappa shape index (κ2) is 5.55. The first kappa shape index (κ1) is 11.8. The number of hydrogen-bond donors (Lipinski definition) is 2. The molecule has 0 saturated heterocycles. The van der Waals surface area contributed by atoms with Crippen LogP contribution in [0.2, 0.25) is 0 Å². The van der Waals surface area contributed by atoms with E-state index in [1.54, 1.807) is 0 Å². The molecule has 0 fully saturated rings. The monoisotopic (exact) mass is 248 g/mol. The molecule has 0 aromatic heterocycles. The Hall–Kier alpha value is -2.32. The Morgan fingerprint density at radius 2 is 1.16 bits per heavy atom. The van der Waals surface area contributed by atoms with Crippen LogP contribution in [0.25, 0.3) is 21.5 Å². The Labute approximate surface area is 112 Å². The van der Waals surface area contributed by atoms with Gasteiger partial charge in [-0.15, -0.1) is 0 Å². The van der Waals surface area contributed by atoms with Gasteiger partial charge in [0, 0.05) is 12.7 Å². The highest BCUT2D eigenvalue weighted by Crippen LogP contribution is 2.21. The summed E-state index contributed by atoms with van der Waals surface area (Å²) in [5.74, 6) is 0. The van der Waals surface area contributed by atoms with Gasteiger partial charge in [-0.1, -0.05) is 54.6 Å². The van der Waals surface area contributed by atoms with Crippen molar-refractivity contribution in [3.63, 3.8) is 0 Å². The van der Waals surface area contributed by atoms with Crippen molar-refractivity contribution < 1.29 is 0 Å². The van der Waals surface area contributed by atoms with E-state index >= 15 is 0 Å². The van der Waals surface area contributed by atoms with Gasteiger partial charge < -0.3 is 5.43 Å². The average molecular weight is 248 g/mol. The molecule has 4 rings (SSSR count). The fraction of sp³-hybridized carbons (Fsp3) is 0.0588. The quantitative estimate of drug-likeness (QED) is 0.594. The van der Waals surface area contributed by atoms with Crippen molar-refractivity contribution >= 4 is 21.5 Å². The second-order valence-corrected chi connectivity index (χ2v) is 4.47. The zero-order valence-corrected chi connectivity index (χ0v) is 10.6. The maximum atomic E-state index is 2.86. The van der Waals surface area contributed by atoms with Crippen LogP contribution in [0, 0.1) is 0 Å². The molecule has 3 aromatic rings. The normalized spacial score (nSPS) is 13.1. The second-order valence-electron chi connectivity index (χ2n) is 4.47.